The van der Waals surface area contributed by atoms with Crippen molar-refractivity contribution in [2.45, 2.75) is 0 Å². The summed E-state index contributed by atoms with van der Waals surface area (Å²) in [4.78, 5) is 18.8. The largest absolute Gasteiger partial charge is 0.478 e. The minimum absolute atomic E-state index is 0.0167. The van der Waals surface area contributed by atoms with E-state index in [4.69, 9.17) is 21.4 Å². The molecule has 2 rings (SSSR count). The minimum Gasteiger partial charge on any atom is -0.478 e. The monoisotopic (exact) mass is 376 g/mol. The van der Waals surface area contributed by atoms with Crippen molar-refractivity contribution >= 4 is 40.2 Å². The van der Waals surface area contributed by atoms with Crippen LogP contribution in [0.15, 0.2) is 30.7 Å². The number of carboxylic acids is 1. The molecule has 0 saturated heterocycles. The third-order valence-electron chi connectivity index (χ3n) is 2.01. The quantitative estimate of drug-likeness (QED) is 0.833. The maximum Gasteiger partial charge on any atom is 0.339 e. The summed E-state index contributed by atoms with van der Waals surface area (Å²) in [7, 11) is 0. The van der Waals surface area contributed by atoms with Crippen LogP contribution in [-0.4, -0.2) is 21.0 Å². The van der Waals surface area contributed by atoms with Gasteiger partial charge in [0.15, 0.2) is 0 Å². The Hall–Kier alpha value is -1.41. The molecule has 0 aliphatic rings. The molecule has 0 saturated carbocycles. The summed E-state index contributed by atoms with van der Waals surface area (Å²) in [5.41, 5.74) is -0.0167. The molecule has 0 aliphatic heterocycles. The van der Waals surface area contributed by atoms with E-state index in [-0.39, 0.29) is 11.3 Å². The van der Waals surface area contributed by atoms with E-state index >= 15 is 0 Å². The number of nitrogens with zero attached hydrogens (tertiary/aromatic N) is 2. The SMILES string of the molecule is O=C(O)c1cc(Cl)ccc1Oc1ncncc1I. The number of aromatic carboxylic acids is 1. The van der Waals surface area contributed by atoms with Crippen molar-refractivity contribution in [3.63, 3.8) is 0 Å². The van der Waals surface area contributed by atoms with Crippen LogP contribution in [0.4, 0.5) is 0 Å². The summed E-state index contributed by atoms with van der Waals surface area (Å²) in [6.45, 7) is 0. The van der Waals surface area contributed by atoms with Gasteiger partial charge in [0.2, 0.25) is 5.88 Å². The number of hydrogen-bond acceptors (Lipinski definition) is 4. The Morgan fingerprint density at radius 3 is 2.89 bits per heavy atom. The van der Waals surface area contributed by atoms with Crippen molar-refractivity contribution in [3.8, 4) is 11.6 Å². The van der Waals surface area contributed by atoms with E-state index in [2.05, 4.69) is 9.97 Å². The molecule has 1 aromatic heterocycles. The summed E-state index contributed by atoms with van der Waals surface area (Å²) >= 11 is 7.75. The van der Waals surface area contributed by atoms with Crippen molar-refractivity contribution in [3.05, 3.63) is 44.9 Å². The van der Waals surface area contributed by atoms with Crippen LogP contribution in [0.5, 0.6) is 11.6 Å². The van der Waals surface area contributed by atoms with Crippen LogP contribution >= 0.6 is 34.2 Å². The Morgan fingerprint density at radius 1 is 1.44 bits per heavy atom. The number of carbonyl (C=O) groups is 1. The zero-order valence-electron chi connectivity index (χ0n) is 8.80. The topological polar surface area (TPSA) is 72.3 Å². The van der Waals surface area contributed by atoms with Crippen LogP contribution in [0, 0.1) is 3.57 Å². The van der Waals surface area contributed by atoms with Gasteiger partial charge in [0.25, 0.3) is 0 Å². The molecule has 18 heavy (non-hydrogen) atoms. The first-order chi connectivity index (χ1) is 8.58. The van der Waals surface area contributed by atoms with E-state index in [9.17, 15) is 4.79 Å². The molecule has 0 fully saturated rings. The molecule has 5 nitrogen and oxygen atoms in total. The Balaban J connectivity index is 2.41. The van der Waals surface area contributed by atoms with Gasteiger partial charge in [-0.2, -0.15) is 0 Å². The second-order valence-corrected chi connectivity index (χ2v) is 4.82. The van der Waals surface area contributed by atoms with E-state index in [0.29, 0.717) is 14.5 Å². The van der Waals surface area contributed by atoms with Crippen LogP contribution in [-0.2, 0) is 0 Å². The fraction of sp³-hybridized carbons (Fsp3) is 0. The summed E-state index contributed by atoms with van der Waals surface area (Å²) < 4.78 is 6.14. The minimum atomic E-state index is -1.11. The molecule has 2 aromatic rings. The van der Waals surface area contributed by atoms with Crippen molar-refractivity contribution in [1.29, 1.82) is 0 Å². The fourth-order valence-electron chi connectivity index (χ4n) is 1.24. The summed E-state index contributed by atoms with van der Waals surface area (Å²) in [6.07, 6.45) is 2.90. The zero-order chi connectivity index (χ0) is 13.1. The highest BCUT2D eigenvalue weighted by Crippen LogP contribution is 2.28. The molecule has 92 valence electrons. The maximum absolute atomic E-state index is 11.1. The van der Waals surface area contributed by atoms with Gasteiger partial charge in [-0.25, -0.2) is 14.8 Å². The molecule has 7 heteroatoms. The summed E-state index contributed by atoms with van der Waals surface area (Å²) in [5.74, 6) is -0.629. The smallest absolute Gasteiger partial charge is 0.339 e. The molecular formula is C11H6ClIN2O3. The highest BCUT2D eigenvalue weighted by molar-refractivity contribution is 14.1. The van der Waals surface area contributed by atoms with Gasteiger partial charge in [0, 0.05) is 11.2 Å². The zero-order valence-corrected chi connectivity index (χ0v) is 11.7. The van der Waals surface area contributed by atoms with Gasteiger partial charge in [-0.3, -0.25) is 0 Å². The summed E-state index contributed by atoms with van der Waals surface area (Å²) in [6, 6.07) is 4.37. The molecule has 0 amide bonds. The molecule has 0 bridgehead atoms. The van der Waals surface area contributed by atoms with Crippen molar-refractivity contribution in [1.82, 2.24) is 9.97 Å². The molecule has 0 radical (unpaired) electrons. The lowest BCUT2D eigenvalue weighted by molar-refractivity contribution is 0.0694. The molecule has 1 aromatic carbocycles. The third-order valence-corrected chi connectivity index (χ3v) is 2.99. The molecule has 0 atom stereocenters. The van der Waals surface area contributed by atoms with Crippen molar-refractivity contribution in [2.24, 2.45) is 0 Å². The maximum atomic E-state index is 11.1. The first-order valence-electron chi connectivity index (χ1n) is 4.74. The molecule has 1 heterocycles. The number of carboxylic acid groups (broad SMARTS) is 1. The highest BCUT2D eigenvalue weighted by Gasteiger charge is 2.14. The van der Waals surface area contributed by atoms with E-state index in [1.807, 2.05) is 22.6 Å². The van der Waals surface area contributed by atoms with Gasteiger partial charge in [-0.05, 0) is 40.8 Å². The Labute approximate surface area is 121 Å². The van der Waals surface area contributed by atoms with Crippen LogP contribution in [0.3, 0.4) is 0 Å². The third kappa shape index (κ3) is 2.88. The molecule has 0 spiro atoms. The standard InChI is InChI=1S/C11H6ClIN2O3/c12-6-1-2-9(7(3-6)11(16)17)18-10-8(13)4-14-5-15-10/h1-5H,(H,16,17). The van der Waals surface area contributed by atoms with Crippen LogP contribution < -0.4 is 4.74 Å². The Kier molecular flexibility index (Phi) is 3.97. The second-order valence-electron chi connectivity index (χ2n) is 3.22. The number of halogens is 2. The van der Waals surface area contributed by atoms with E-state index in [1.165, 1.54) is 18.5 Å². The van der Waals surface area contributed by atoms with Gasteiger partial charge in [0.05, 0.1) is 3.57 Å². The molecule has 0 unspecified atom stereocenters. The average molecular weight is 377 g/mol. The van der Waals surface area contributed by atoms with Gasteiger partial charge >= 0.3 is 5.97 Å². The lowest BCUT2D eigenvalue weighted by atomic mass is 10.2. The summed E-state index contributed by atoms with van der Waals surface area (Å²) in [5, 5.41) is 9.39. The van der Waals surface area contributed by atoms with E-state index in [1.54, 1.807) is 12.3 Å². The first kappa shape index (κ1) is 13.0. The molecule has 0 aliphatic carbocycles. The predicted octanol–water partition coefficient (Wildman–Crippen LogP) is 3.23. The Bertz CT molecular complexity index is 607. The Morgan fingerprint density at radius 2 is 2.22 bits per heavy atom. The van der Waals surface area contributed by atoms with Crippen molar-refractivity contribution in [2.75, 3.05) is 0 Å². The van der Waals surface area contributed by atoms with E-state index in [0.717, 1.165) is 0 Å². The van der Waals surface area contributed by atoms with Crippen molar-refractivity contribution < 1.29 is 14.6 Å². The van der Waals surface area contributed by atoms with E-state index < -0.39 is 5.97 Å². The molecular weight excluding hydrogens is 370 g/mol. The van der Waals surface area contributed by atoms with Crippen LogP contribution in [0.1, 0.15) is 10.4 Å². The number of rotatable bonds is 3. The average Bonchev–Trinajstić information content (AvgIpc) is 2.34. The van der Waals surface area contributed by atoms with Gasteiger partial charge in [-0.1, -0.05) is 11.6 Å². The number of aromatic nitrogens is 2. The van der Waals surface area contributed by atoms with Crippen LogP contribution in [0.2, 0.25) is 5.02 Å². The lowest BCUT2D eigenvalue weighted by Crippen LogP contribution is -2.01. The lowest BCUT2D eigenvalue weighted by Gasteiger charge is -2.08. The highest BCUT2D eigenvalue weighted by atomic mass is 127. The van der Waals surface area contributed by atoms with Gasteiger partial charge in [-0.15, -0.1) is 0 Å². The molecule has 1 N–H and O–H groups in total. The number of hydrogen-bond donors (Lipinski definition) is 1. The predicted molar refractivity (Wildman–Crippen MR) is 73.2 cm³/mol. The second kappa shape index (κ2) is 5.49. The fourth-order valence-corrected chi connectivity index (χ4v) is 1.82. The number of benzene rings is 1. The van der Waals surface area contributed by atoms with Gasteiger partial charge < -0.3 is 9.84 Å². The normalized spacial score (nSPS) is 10.1. The number of ether oxygens (including phenoxy) is 1. The van der Waals surface area contributed by atoms with Crippen LogP contribution in [0.25, 0.3) is 0 Å². The first-order valence-corrected chi connectivity index (χ1v) is 6.20. The van der Waals surface area contributed by atoms with Gasteiger partial charge in [0.1, 0.15) is 17.6 Å².